The molecule has 0 bridgehead atoms. The van der Waals surface area contributed by atoms with Gasteiger partial charge in [-0.25, -0.2) is 19.2 Å². The van der Waals surface area contributed by atoms with Gasteiger partial charge in [0.1, 0.15) is 5.82 Å². The molecule has 0 radical (unpaired) electrons. The van der Waals surface area contributed by atoms with Gasteiger partial charge in [0.05, 0.1) is 29.9 Å². The van der Waals surface area contributed by atoms with Crippen molar-refractivity contribution >= 4 is 29.2 Å². The highest BCUT2D eigenvalue weighted by atomic mass is 19.1. The third-order valence-corrected chi connectivity index (χ3v) is 4.06. The molecule has 0 aliphatic rings. The first-order chi connectivity index (χ1) is 14.9. The number of imidazole rings is 1. The van der Waals surface area contributed by atoms with Gasteiger partial charge in [-0.1, -0.05) is 5.16 Å². The Morgan fingerprint density at radius 3 is 2.74 bits per heavy atom. The number of aromatic nitrogens is 4. The first-order valence-corrected chi connectivity index (χ1v) is 9.23. The van der Waals surface area contributed by atoms with Gasteiger partial charge >= 0.3 is 6.09 Å². The maximum Gasteiger partial charge on any atom is 0.411 e. The molecule has 0 saturated carbocycles. The second-order valence-electron chi connectivity index (χ2n) is 6.78. The quantitative estimate of drug-likeness (QED) is 0.500. The topological polar surface area (TPSA) is 124 Å². The standard InChI is InChI=1S/C20H17FN6O4/c1-11(2)30-20(29)25-13-8-22-19-26-16(10-27(19)9-13)14-7-12(3-4-15(14)21)24-18(28)17-5-6-23-31-17/h3-11H,1-2H3,(H,24,28)(H,25,29). The number of anilines is 2. The molecule has 2 N–H and O–H groups in total. The van der Waals surface area contributed by atoms with Crippen LogP contribution in [-0.2, 0) is 4.74 Å². The maximum atomic E-state index is 14.5. The number of hydrogen-bond donors (Lipinski definition) is 2. The van der Waals surface area contributed by atoms with Crippen LogP contribution in [0, 0.1) is 5.82 Å². The highest BCUT2D eigenvalue weighted by Gasteiger charge is 2.15. The van der Waals surface area contributed by atoms with E-state index in [2.05, 4.69) is 25.8 Å². The molecule has 4 rings (SSSR count). The van der Waals surface area contributed by atoms with Crippen LogP contribution in [0.4, 0.5) is 20.6 Å². The van der Waals surface area contributed by atoms with Crippen molar-refractivity contribution in [1.82, 2.24) is 19.5 Å². The van der Waals surface area contributed by atoms with Gasteiger partial charge in [-0.15, -0.1) is 0 Å². The zero-order chi connectivity index (χ0) is 22.0. The first kappa shape index (κ1) is 20.0. The van der Waals surface area contributed by atoms with E-state index >= 15 is 0 Å². The Morgan fingerprint density at radius 2 is 2.00 bits per heavy atom. The first-order valence-electron chi connectivity index (χ1n) is 9.23. The number of rotatable bonds is 5. The molecule has 0 unspecified atom stereocenters. The number of halogens is 1. The van der Waals surface area contributed by atoms with E-state index in [-0.39, 0.29) is 17.4 Å². The summed E-state index contributed by atoms with van der Waals surface area (Å²) in [4.78, 5) is 32.4. The lowest BCUT2D eigenvalue weighted by molar-refractivity contribution is 0.0987. The highest BCUT2D eigenvalue weighted by molar-refractivity contribution is 6.02. The molecule has 1 aromatic carbocycles. The summed E-state index contributed by atoms with van der Waals surface area (Å²) in [7, 11) is 0. The lowest BCUT2D eigenvalue weighted by atomic mass is 10.1. The minimum Gasteiger partial charge on any atom is -0.447 e. The lowest BCUT2D eigenvalue weighted by Crippen LogP contribution is -2.18. The number of carbonyl (C=O) groups excluding carboxylic acids is 2. The summed E-state index contributed by atoms with van der Waals surface area (Å²) >= 11 is 0. The lowest BCUT2D eigenvalue weighted by Gasteiger charge is -2.09. The summed E-state index contributed by atoms with van der Waals surface area (Å²) in [5.41, 5.74) is 1.19. The molecule has 11 heteroatoms. The van der Waals surface area contributed by atoms with Crippen LogP contribution in [0.1, 0.15) is 24.4 Å². The molecule has 0 atom stereocenters. The minimum atomic E-state index is -0.613. The number of carbonyl (C=O) groups is 2. The molecule has 0 fully saturated rings. The number of amides is 2. The maximum absolute atomic E-state index is 14.5. The predicted octanol–water partition coefficient (Wildman–Crippen LogP) is 3.73. The monoisotopic (exact) mass is 424 g/mol. The van der Waals surface area contributed by atoms with Crippen LogP contribution < -0.4 is 10.6 Å². The van der Waals surface area contributed by atoms with Gasteiger partial charge in [0.25, 0.3) is 5.91 Å². The van der Waals surface area contributed by atoms with E-state index < -0.39 is 17.8 Å². The molecule has 158 valence electrons. The number of ether oxygens (including phenoxy) is 1. The van der Waals surface area contributed by atoms with E-state index in [0.29, 0.717) is 22.8 Å². The minimum absolute atomic E-state index is 0.0267. The van der Waals surface area contributed by atoms with Crippen LogP contribution in [0.3, 0.4) is 0 Å². The van der Waals surface area contributed by atoms with Crippen molar-refractivity contribution in [2.45, 2.75) is 20.0 Å². The SMILES string of the molecule is CC(C)OC(=O)Nc1cnc2nc(-c3cc(NC(=O)c4ccno4)ccc3F)cn2c1. The van der Waals surface area contributed by atoms with E-state index in [9.17, 15) is 14.0 Å². The molecule has 3 heterocycles. The van der Waals surface area contributed by atoms with Gasteiger partial charge in [-0.2, -0.15) is 0 Å². The molecule has 31 heavy (non-hydrogen) atoms. The average molecular weight is 424 g/mol. The summed E-state index contributed by atoms with van der Waals surface area (Å²) in [5.74, 6) is -0.720. The number of hydrogen-bond acceptors (Lipinski definition) is 7. The Balaban J connectivity index is 1.59. The Kier molecular flexibility index (Phi) is 5.31. The molecular formula is C20H17FN6O4. The van der Waals surface area contributed by atoms with Crippen LogP contribution in [-0.4, -0.2) is 37.6 Å². The Morgan fingerprint density at radius 1 is 1.16 bits per heavy atom. The third kappa shape index (κ3) is 4.50. The van der Waals surface area contributed by atoms with Crippen molar-refractivity contribution in [3.05, 3.63) is 60.6 Å². The summed E-state index contributed by atoms with van der Waals surface area (Å²) in [6.07, 6.45) is 5.02. The van der Waals surface area contributed by atoms with Crippen molar-refractivity contribution < 1.29 is 23.2 Å². The van der Waals surface area contributed by atoms with E-state index in [4.69, 9.17) is 9.26 Å². The second kappa shape index (κ2) is 8.22. The van der Waals surface area contributed by atoms with Crippen LogP contribution in [0.2, 0.25) is 0 Å². The largest absolute Gasteiger partial charge is 0.447 e. The smallest absolute Gasteiger partial charge is 0.411 e. The Bertz CT molecular complexity index is 1250. The predicted molar refractivity (Wildman–Crippen MR) is 108 cm³/mol. The Hall–Kier alpha value is -4.28. The summed E-state index contributed by atoms with van der Waals surface area (Å²) in [6.45, 7) is 3.47. The van der Waals surface area contributed by atoms with Crippen LogP contribution >= 0.6 is 0 Å². The summed E-state index contributed by atoms with van der Waals surface area (Å²) in [5, 5.41) is 8.65. The van der Waals surface area contributed by atoms with E-state index in [1.165, 1.54) is 36.7 Å². The van der Waals surface area contributed by atoms with Gasteiger partial charge in [-0.3, -0.25) is 14.5 Å². The molecule has 0 spiro atoms. The van der Waals surface area contributed by atoms with Crippen molar-refractivity contribution in [2.75, 3.05) is 10.6 Å². The van der Waals surface area contributed by atoms with Gasteiger partial charge in [0.15, 0.2) is 0 Å². The van der Waals surface area contributed by atoms with E-state index in [1.807, 2.05) is 0 Å². The zero-order valence-corrected chi connectivity index (χ0v) is 16.5. The summed E-state index contributed by atoms with van der Waals surface area (Å²) in [6, 6.07) is 5.50. The average Bonchev–Trinajstić information content (AvgIpc) is 3.38. The molecule has 0 saturated heterocycles. The van der Waals surface area contributed by atoms with Crippen molar-refractivity contribution in [3.63, 3.8) is 0 Å². The van der Waals surface area contributed by atoms with Gasteiger partial charge in [0, 0.05) is 29.7 Å². The number of benzene rings is 1. The summed E-state index contributed by atoms with van der Waals surface area (Å²) < 4.78 is 25.9. The fraction of sp³-hybridized carbons (Fsp3) is 0.150. The molecule has 0 aliphatic carbocycles. The molecule has 3 aromatic heterocycles. The Labute approximate surface area is 175 Å². The zero-order valence-electron chi connectivity index (χ0n) is 16.5. The van der Waals surface area contributed by atoms with Crippen LogP contribution in [0.15, 0.2) is 53.6 Å². The fourth-order valence-corrected chi connectivity index (χ4v) is 2.77. The van der Waals surface area contributed by atoms with Crippen LogP contribution in [0.5, 0.6) is 0 Å². The van der Waals surface area contributed by atoms with E-state index in [1.54, 1.807) is 30.6 Å². The number of nitrogens with zero attached hydrogens (tertiary/aromatic N) is 4. The van der Waals surface area contributed by atoms with Crippen molar-refractivity contribution in [3.8, 4) is 11.3 Å². The normalized spacial score (nSPS) is 11.0. The van der Waals surface area contributed by atoms with Gasteiger partial charge in [-0.05, 0) is 32.0 Å². The third-order valence-electron chi connectivity index (χ3n) is 4.06. The molecule has 0 aliphatic heterocycles. The van der Waals surface area contributed by atoms with E-state index in [0.717, 1.165) is 0 Å². The van der Waals surface area contributed by atoms with Crippen LogP contribution in [0.25, 0.3) is 17.0 Å². The van der Waals surface area contributed by atoms with Crippen molar-refractivity contribution in [2.24, 2.45) is 0 Å². The molecule has 10 nitrogen and oxygen atoms in total. The highest BCUT2D eigenvalue weighted by Crippen LogP contribution is 2.26. The van der Waals surface area contributed by atoms with Gasteiger partial charge in [0.2, 0.25) is 11.5 Å². The number of fused-ring (bicyclic) bond motifs is 1. The van der Waals surface area contributed by atoms with Gasteiger partial charge < -0.3 is 14.6 Å². The molecule has 2 amide bonds. The second-order valence-corrected chi connectivity index (χ2v) is 6.78. The molecular weight excluding hydrogens is 407 g/mol. The number of nitrogens with one attached hydrogen (secondary N) is 2. The van der Waals surface area contributed by atoms with Crippen molar-refractivity contribution in [1.29, 1.82) is 0 Å². The fourth-order valence-electron chi connectivity index (χ4n) is 2.77. The molecule has 4 aromatic rings.